The third-order valence-corrected chi connectivity index (χ3v) is 3.96. The van der Waals surface area contributed by atoms with Gasteiger partial charge in [-0.2, -0.15) is 0 Å². The van der Waals surface area contributed by atoms with E-state index in [1.807, 2.05) is 24.3 Å². The number of amides is 1. The van der Waals surface area contributed by atoms with E-state index in [0.717, 1.165) is 11.3 Å². The van der Waals surface area contributed by atoms with Crippen molar-refractivity contribution in [1.29, 1.82) is 0 Å². The van der Waals surface area contributed by atoms with E-state index in [4.69, 9.17) is 18.9 Å². The molecule has 156 valence electrons. The van der Waals surface area contributed by atoms with E-state index in [2.05, 4.69) is 10.1 Å². The van der Waals surface area contributed by atoms with Gasteiger partial charge in [-0.3, -0.25) is 9.59 Å². The second kappa shape index (κ2) is 11.6. The molecule has 0 aliphatic carbocycles. The van der Waals surface area contributed by atoms with Gasteiger partial charge in [0.05, 0.1) is 34.5 Å². The lowest BCUT2D eigenvalue weighted by molar-refractivity contribution is -0.139. The summed E-state index contributed by atoms with van der Waals surface area (Å²) >= 11 is 0. The van der Waals surface area contributed by atoms with Gasteiger partial charge in [0, 0.05) is 5.56 Å². The minimum Gasteiger partial charge on any atom is -0.497 e. The smallest absolute Gasteiger partial charge is 0.325 e. The summed E-state index contributed by atoms with van der Waals surface area (Å²) in [6, 6.07) is 12.4. The topological polar surface area (TPSA) is 92.3 Å². The lowest BCUT2D eigenvalue weighted by Gasteiger charge is -2.12. The highest BCUT2D eigenvalue weighted by Crippen LogP contribution is 2.28. The van der Waals surface area contributed by atoms with Crippen LogP contribution in [0.3, 0.4) is 0 Å². The summed E-state index contributed by atoms with van der Waals surface area (Å²) in [5, 5.41) is 2.47. The molecule has 0 saturated carbocycles. The minimum absolute atomic E-state index is 0.207. The first-order valence-electron chi connectivity index (χ1n) is 8.94. The first kappa shape index (κ1) is 22.0. The summed E-state index contributed by atoms with van der Waals surface area (Å²) in [6.45, 7) is 0.960. The van der Waals surface area contributed by atoms with E-state index in [1.54, 1.807) is 25.3 Å². The molecule has 0 radical (unpaired) electrons. The fraction of sp³-hybridized carbons (Fsp3) is 0.333. The molecule has 0 saturated heterocycles. The summed E-state index contributed by atoms with van der Waals surface area (Å²) < 4.78 is 26.2. The number of esters is 1. The Morgan fingerprint density at radius 3 is 2.31 bits per heavy atom. The summed E-state index contributed by atoms with van der Waals surface area (Å²) in [5.74, 6) is 0.755. The molecule has 1 N–H and O–H groups in total. The van der Waals surface area contributed by atoms with Crippen molar-refractivity contribution in [1.82, 2.24) is 5.32 Å². The Bertz CT molecular complexity index is 805. The van der Waals surface area contributed by atoms with Crippen LogP contribution < -0.4 is 19.5 Å². The molecule has 0 bridgehead atoms. The zero-order valence-corrected chi connectivity index (χ0v) is 16.7. The van der Waals surface area contributed by atoms with Gasteiger partial charge in [-0.05, 0) is 35.9 Å². The molecule has 2 aromatic rings. The van der Waals surface area contributed by atoms with Crippen molar-refractivity contribution in [2.24, 2.45) is 0 Å². The Morgan fingerprint density at radius 1 is 0.897 bits per heavy atom. The molecule has 1 amide bonds. The van der Waals surface area contributed by atoms with Crippen LogP contribution in [0.5, 0.6) is 17.2 Å². The van der Waals surface area contributed by atoms with Gasteiger partial charge in [0.1, 0.15) is 18.9 Å². The average Bonchev–Trinajstić information content (AvgIpc) is 2.77. The van der Waals surface area contributed by atoms with E-state index in [-0.39, 0.29) is 6.54 Å². The number of hydrogen-bond acceptors (Lipinski definition) is 7. The van der Waals surface area contributed by atoms with Crippen molar-refractivity contribution >= 4 is 11.9 Å². The van der Waals surface area contributed by atoms with Crippen molar-refractivity contribution < 1.29 is 33.3 Å². The number of carbonyl (C=O) groups is 2. The van der Waals surface area contributed by atoms with Gasteiger partial charge in [0.15, 0.2) is 11.5 Å². The lowest BCUT2D eigenvalue weighted by atomic mass is 10.2. The molecule has 0 atom stereocenters. The Morgan fingerprint density at radius 2 is 1.66 bits per heavy atom. The first-order chi connectivity index (χ1) is 14.1. The van der Waals surface area contributed by atoms with Crippen LogP contribution >= 0.6 is 0 Å². The SMILES string of the molecule is COC(=O)CNC(=O)c1ccc(OCCOCc2ccc(OC)cc2)c(OC)c1. The maximum Gasteiger partial charge on any atom is 0.325 e. The number of nitrogens with one attached hydrogen (secondary N) is 1. The zero-order valence-electron chi connectivity index (χ0n) is 16.7. The van der Waals surface area contributed by atoms with Crippen LogP contribution in [0.2, 0.25) is 0 Å². The molecule has 29 heavy (non-hydrogen) atoms. The van der Waals surface area contributed by atoms with Gasteiger partial charge in [0.2, 0.25) is 0 Å². The van der Waals surface area contributed by atoms with Gasteiger partial charge in [-0.25, -0.2) is 0 Å². The van der Waals surface area contributed by atoms with Gasteiger partial charge >= 0.3 is 5.97 Å². The normalized spacial score (nSPS) is 10.2. The fourth-order valence-corrected chi connectivity index (χ4v) is 2.38. The first-order valence-corrected chi connectivity index (χ1v) is 8.94. The number of hydrogen-bond donors (Lipinski definition) is 1. The average molecular weight is 403 g/mol. The highest BCUT2D eigenvalue weighted by Gasteiger charge is 2.12. The number of ether oxygens (including phenoxy) is 5. The van der Waals surface area contributed by atoms with Crippen LogP contribution in [0.25, 0.3) is 0 Å². The highest BCUT2D eigenvalue weighted by molar-refractivity contribution is 5.96. The van der Waals surface area contributed by atoms with E-state index < -0.39 is 11.9 Å². The molecule has 0 spiro atoms. The maximum atomic E-state index is 12.1. The number of carbonyl (C=O) groups excluding carboxylic acids is 2. The van der Waals surface area contributed by atoms with Gasteiger partial charge < -0.3 is 29.0 Å². The minimum atomic E-state index is -0.528. The predicted molar refractivity (Wildman–Crippen MR) is 105 cm³/mol. The number of benzene rings is 2. The largest absolute Gasteiger partial charge is 0.497 e. The van der Waals surface area contributed by atoms with Gasteiger partial charge in [-0.1, -0.05) is 12.1 Å². The lowest BCUT2D eigenvalue weighted by Crippen LogP contribution is -2.30. The van der Waals surface area contributed by atoms with Crippen molar-refractivity contribution in [3.05, 3.63) is 53.6 Å². The summed E-state index contributed by atoms with van der Waals surface area (Å²) in [7, 11) is 4.36. The van der Waals surface area contributed by atoms with Gasteiger partial charge in [-0.15, -0.1) is 0 Å². The molecular weight excluding hydrogens is 378 g/mol. The van der Waals surface area contributed by atoms with Crippen LogP contribution in [-0.4, -0.2) is 53.0 Å². The second-order valence-electron chi connectivity index (χ2n) is 5.87. The van der Waals surface area contributed by atoms with Crippen LogP contribution in [0.4, 0.5) is 0 Å². The second-order valence-corrected chi connectivity index (χ2v) is 5.87. The third-order valence-electron chi connectivity index (χ3n) is 3.96. The molecule has 8 nitrogen and oxygen atoms in total. The quantitative estimate of drug-likeness (QED) is 0.454. The zero-order chi connectivity index (χ0) is 21.1. The molecule has 0 aromatic heterocycles. The Balaban J connectivity index is 1.80. The molecule has 8 heteroatoms. The van der Waals surface area contributed by atoms with Crippen molar-refractivity contribution in [3.8, 4) is 17.2 Å². The van der Waals surface area contributed by atoms with Crippen molar-refractivity contribution in [2.45, 2.75) is 6.61 Å². The standard InChI is InChI=1S/C21H25NO7/c1-25-17-7-4-15(5-8-17)14-28-10-11-29-18-9-6-16(12-19(18)26-2)21(24)22-13-20(23)27-3/h4-9,12H,10-11,13-14H2,1-3H3,(H,22,24). The van der Waals surface area contributed by atoms with Crippen LogP contribution in [-0.2, 0) is 20.9 Å². The molecule has 2 rings (SSSR count). The molecule has 0 heterocycles. The molecular formula is C21H25NO7. The maximum absolute atomic E-state index is 12.1. The van der Waals surface area contributed by atoms with E-state index in [1.165, 1.54) is 14.2 Å². The van der Waals surface area contributed by atoms with E-state index in [9.17, 15) is 9.59 Å². The Labute approximate surface area is 169 Å². The number of methoxy groups -OCH3 is 3. The molecule has 0 aliphatic rings. The summed E-state index contributed by atoms with van der Waals surface area (Å²) in [5.41, 5.74) is 1.37. The monoisotopic (exact) mass is 403 g/mol. The van der Waals surface area contributed by atoms with Crippen LogP contribution in [0, 0.1) is 0 Å². The number of rotatable bonds is 11. The summed E-state index contributed by atoms with van der Waals surface area (Å²) in [4.78, 5) is 23.2. The molecule has 0 fully saturated rings. The highest BCUT2D eigenvalue weighted by atomic mass is 16.5. The van der Waals surface area contributed by atoms with E-state index in [0.29, 0.717) is 36.9 Å². The van der Waals surface area contributed by atoms with Crippen molar-refractivity contribution in [3.63, 3.8) is 0 Å². The Hall–Kier alpha value is -3.26. The molecule has 0 unspecified atom stereocenters. The fourth-order valence-electron chi connectivity index (χ4n) is 2.38. The van der Waals surface area contributed by atoms with Crippen LogP contribution in [0.15, 0.2) is 42.5 Å². The van der Waals surface area contributed by atoms with E-state index >= 15 is 0 Å². The van der Waals surface area contributed by atoms with Gasteiger partial charge in [0.25, 0.3) is 5.91 Å². The third kappa shape index (κ3) is 7.00. The molecule has 2 aromatic carbocycles. The summed E-state index contributed by atoms with van der Waals surface area (Å²) in [6.07, 6.45) is 0. The Kier molecular flexibility index (Phi) is 8.78. The predicted octanol–water partition coefficient (Wildman–Crippen LogP) is 2.20. The van der Waals surface area contributed by atoms with Crippen LogP contribution in [0.1, 0.15) is 15.9 Å². The molecule has 0 aliphatic heterocycles. The van der Waals surface area contributed by atoms with Crippen molar-refractivity contribution in [2.75, 3.05) is 41.1 Å².